The molecule has 3 heterocycles. The normalized spacial score (nSPS) is 16.8. The van der Waals surface area contributed by atoms with Crippen molar-refractivity contribution in [3.8, 4) is 5.75 Å². The highest BCUT2D eigenvalue weighted by Crippen LogP contribution is 2.31. The Bertz CT molecular complexity index is 934. The van der Waals surface area contributed by atoms with Crippen LogP contribution in [0.2, 0.25) is 0 Å². The van der Waals surface area contributed by atoms with Crippen molar-refractivity contribution < 1.29 is 28.9 Å². The second-order valence-electron chi connectivity index (χ2n) is 7.69. The predicted molar refractivity (Wildman–Crippen MR) is 113 cm³/mol. The molecule has 0 unspecified atom stereocenters. The zero-order valence-corrected chi connectivity index (χ0v) is 17.4. The molecule has 2 aromatic rings. The third kappa shape index (κ3) is 5.78. The summed E-state index contributed by atoms with van der Waals surface area (Å²) in [6.07, 6.45) is 0.887. The fraction of sp³-hybridized carbons (Fsp3) is 0.476. The van der Waals surface area contributed by atoms with Gasteiger partial charge in [-0.2, -0.15) is 0 Å². The van der Waals surface area contributed by atoms with E-state index in [4.69, 9.17) is 4.74 Å². The van der Waals surface area contributed by atoms with E-state index < -0.39 is 6.36 Å². The standard InChI is InChI=1S/C21H24F3N5O3.H2/c22-21(23,24)32-18-9-15(8-17(10-18)28-5-3-6-28)11-25-20-26-12-16(13-27-20)19(30)29-4-1-2-7-31-14-29;/h8-10,12-13H,1-7,11,14H2,(H,25,26,27);1H. The van der Waals surface area contributed by atoms with Crippen molar-refractivity contribution in [3.63, 3.8) is 0 Å². The van der Waals surface area contributed by atoms with E-state index in [2.05, 4.69) is 20.0 Å². The van der Waals surface area contributed by atoms with Gasteiger partial charge in [0.05, 0.1) is 5.56 Å². The van der Waals surface area contributed by atoms with Crippen LogP contribution in [-0.4, -0.2) is 60.1 Å². The Kier molecular flexibility index (Phi) is 6.63. The number of rotatable bonds is 6. The van der Waals surface area contributed by atoms with E-state index in [1.54, 1.807) is 4.90 Å². The third-order valence-corrected chi connectivity index (χ3v) is 5.26. The maximum absolute atomic E-state index is 12.7. The zero-order valence-electron chi connectivity index (χ0n) is 17.4. The van der Waals surface area contributed by atoms with E-state index >= 15 is 0 Å². The Morgan fingerprint density at radius 1 is 1.12 bits per heavy atom. The van der Waals surface area contributed by atoms with Crippen LogP contribution in [0.1, 0.15) is 36.6 Å². The lowest BCUT2D eigenvalue weighted by Crippen LogP contribution is -2.37. The van der Waals surface area contributed by atoms with Crippen LogP contribution in [0.5, 0.6) is 5.75 Å². The number of halogens is 3. The molecule has 2 aliphatic heterocycles. The molecule has 0 aliphatic carbocycles. The lowest BCUT2D eigenvalue weighted by Gasteiger charge is -2.33. The van der Waals surface area contributed by atoms with Gasteiger partial charge in [-0.15, -0.1) is 13.2 Å². The highest BCUT2D eigenvalue weighted by molar-refractivity contribution is 5.93. The van der Waals surface area contributed by atoms with Crippen LogP contribution in [-0.2, 0) is 11.3 Å². The molecule has 1 aromatic heterocycles. The molecule has 0 spiro atoms. The number of hydrogen-bond donors (Lipinski definition) is 1. The summed E-state index contributed by atoms with van der Waals surface area (Å²) in [6.45, 7) is 3.29. The van der Waals surface area contributed by atoms with Gasteiger partial charge in [0, 0.05) is 58.4 Å². The Labute approximate surface area is 184 Å². The van der Waals surface area contributed by atoms with Crippen LogP contribution in [0.4, 0.5) is 24.8 Å². The van der Waals surface area contributed by atoms with Crippen LogP contribution in [0.3, 0.4) is 0 Å². The first-order valence-electron chi connectivity index (χ1n) is 10.4. The van der Waals surface area contributed by atoms with E-state index in [0.717, 1.165) is 32.4 Å². The van der Waals surface area contributed by atoms with Crippen molar-refractivity contribution in [3.05, 3.63) is 41.7 Å². The molecular weight excluding hydrogens is 427 g/mol. The van der Waals surface area contributed by atoms with Crippen molar-refractivity contribution in [2.45, 2.75) is 32.2 Å². The number of nitrogens with zero attached hydrogens (tertiary/aromatic N) is 4. The number of carbonyl (C=O) groups excluding carboxylic acids is 1. The smallest absolute Gasteiger partial charge is 0.406 e. The molecule has 1 aromatic carbocycles. The first-order chi connectivity index (χ1) is 15.4. The maximum Gasteiger partial charge on any atom is 0.573 e. The second kappa shape index (κ2) is 9.60. The fourth-order valence-electron chi connectivity index (χ4n) is 3.49. The lowest BCUT2D eigenvalue weighted by atomic mass is 10.1. The molecule has 1 amide bonds. The van der Waals surface area contributed by atoms with Crippen molar-refractivity contribution in [1.29, 1.82) is 0 Å². The Morgan fingerprint density at radius 2 is 1.91 bits per heavy atom. The average molecular weight is 453 g/mol. The van der Waals surface area contributed by atoms with Gasteiger partial charge in [0.25, 0.3) is 5.91 Å². The number of ether oxygens (including phenoxy) is 2. The zero-order chi connectivity index (χ0) is 22.6. The molecule has 0 saturated carbocycles. The summed E-state index contributed by atoms with van der Waals surface area (Å²) in [5.74, 6) is -0.198. The van der Waals surface area contributed by atoms with Gasteiger partial charge in [-0.3, -0.25) is 4.79 Å². The molecular formula is C21H26F3N5O3. The van der Waals surface area contributed by atoms with Crippen molar-refractivity contribution in [2.24, 2.45) is 0 Å². The van der Waals surface area contributed by atoms with Gasteiger partial charge in [-0.1, -0.05) is 0 Å². The van der Waals surface area contributed by atoms with Crippen LogP contribution in [0, 0.1) is 0 Å². The van der Waals surface area contributed by atoms with Crippen molar-refractivity contribution >= 4 is 17.5 Å². The molecule has 0 bridgehead atoms. The molecule has 8 nitrogen and oxygen atoms in total. The number of aromatic nitrogens is 2. The average Bonchev–Trinajstić information content (AvgIpc) is 2.99. The van der Waals surface area contributed by atoms with E-state index in [1.807, 2.05) is 11.0 Å². The first-order valence-corrected chi connectivity index (χ1v) is 10.4. The monoisotopic (exact) mass is 453 g/mol. The van der Waals surface area contributed by atoms with Gasteiger partial charge >= 0.3 is 6.36 Å². The van der Waals surface area contributed by atoms with Crippen LogP contribution < -0.4 is 15.0 Å². The topological polar surface area (TPSA) is 79.8 Å². The molecule has 1 N–H and O–H groups in total. The number of amides is 1. The van der Waals surface area contributed by atoms with Gasteiger partial charge in [0.15, 0.2) is 0 Å². The van der Waals surface area contributed by atoms with E-state index in [9.17, 15) is 18.0 Å². The highest BCUT2D eigenvalue weighted by atomic mass is 19.4. The van der Waals surface area contributed by atoms with Crippen molar-refractivity contribution in [1.82, 2.24) is 14.9 Å². The number of hydrogen-bond acceptors (Lipinski definition) is 7. The molecule has 0 radical (unpaired) electrons. The minimum Gasteiger partial charge on any atom is -0.406 e. The summed E-state index contributed by atoms with van der Waals surface area (Å²) in [7, 11) is 0. The summed E-state index contributed by atoms with van der Waals surface area (Å²) in [5, 5.41) is 2.98. The maximum atomic E-state index is 12.7. The number of carbonyl (C=O) groups is 1. The summed E-state index contributed by atoms with van der Waals surface area (Å²) in [5.41, 5.74) is 1.62. The van der Waals surface area contributed by atoms with Gasteiger partial charge in [-0.05, 0) is 37.0 Å². The van der Waals surface area contributed by atoms with Gasteiger partial charge < -0.3 is 24.6 Å². The summed E-state index contributed by atoms with van der Waals surface area (Å²) in [4.78, 5) is 24.5. The van der Waals surface area contributed by atoms with Crippen molar-refractivity contribution in [2.75, 3.05) is 43.2 Å². The first kappa shape index (κ1) is 22.1. The molecule has 174 valence electrons. The largest absolute Gasteiger partial charge is 0.573 e. The second-order valence-corrected chi connectivity index (χ2v) is 7.69. The minimum absolute atomic E-state index is 0. The summed E-state index contributed by atoms with van der Waals surface area (Å²) >= 11 is 0. The number of nitrogens with one attached hydrogen (secondary N) is 1. The lowest BCUT2D eigenvalue weighted by molar-refractivity contribution is -0.274. The van der Waals surface area contributed by atoms with Gasteiger partial charge in [-0.25, -0.2) is 9.97 Å². The molecule has 11 heteroatoms. The summed E-state index contributed by atoms with van der Waals surface area (Å²) in [6, 6.07) is 4.53. The molecule has 32 heavy (non-hydrogen) atoms. The van der Waals surface area contributed by atoms with Gasteiger partial charge in [0.2, 0.25) is 5.95 Å². The SMILES string of the molecule is O=C(c1cnc(NCc2cc(OC(F)(F)F)cc(N3CCC3)c2)nc1)N1CCCCOC1.[HH]. The highest BCUT2D eigenvalue weighted by Gasteiger charge is 2.31. The molecule has 2 fully saturated rings. The third-order valence-electron chi connectivity index (χ3n) is 5.26. The Hall–Kier alpha value is -3.08. The van der Waals surface area contributed by atoms with E-state index in [0.29, 0.717) is 30.0 Å². The number of alkyl halides is 3. The quantitative estimate of drug-likeness (QED) is 0.715. The van der Waals surface area contributed by atoms with Gasteiger partial charge in [0.1, 0.15) is 12.5 Å². The van der Waals surface area contributed by atoms with Crippen LogP contribution in [0.15, 0.2) is 30.6 Å². The van der Waals surface area contributed by atoms with E-state index in [-0.39, 0.29) is 32.3 Å². The molecule has 4 rings (SSSR count). The molecule has 0 atom stereocenters. The minimum atomic E-state index is -4.76. The van der Waals surface area contributed by atoms with Crippen LogP contribution >= 0.6 is 0 Å². The van der Waals surface area contributed by atoms with Crippen LogP contribution in [0.25, 0.3) is 0 Å². The number of anilines is 2. The Balaban J connectivity index is 0.00000306. The fourth-order valence-corrected chi connectivity index (χ4v) is 3.49. The predicted octanol–water partition coefficient (Wildman–Crippen LogP) is 3.65. The Morgan fingerprint density at radius 3 is 2.59 bits per heavy atom. The number of benzene rings is 1. The summed E-state index contributed by atoms with van der Waals surface area (Å²) < 4.78 is 47.6. The molecule has 2 saturated heterocycles. The molecule has 2 aliphatic rings. The van der Waals surface area contributed by atoms with E-state index in [1.165, 1.54) is 24.5 Å².